The molecule has 5 nitrogen and oxygen atoms in total. The summed E-state index contributed by atoms with van der Waals surface area (Å²) in [5, 5.41) is 8.88. The number of carboxylic acid groups (broad SMARTS) is 1. The van der Waals surface area contributed by atoms with Crippen LogP contribution in [0.1, 0.15) is 6.42 Å². The Morgan fingerprint density at radius 1 is 1.42 bits per heavy atom. The van der Waals surface area contributed by atoms with Gasteiger partial charge in [-0.15, -0.1) is 0 Å². The van der Waals surface area contributed by atoms with Crippen LogP contribution in [0.2, 0.25) is 0 Å². The van der Waals surface area contributed by atoms with Crippen LogP contribution >= 0.6 is 0 Å². The molecule has 1 aromatic carbocycles. The number of hydrogen-bond donors (Lipinski definition) is 1. The Kier molecular flexibility index (Phi) is 3.37. The van der Waals surface area contributed by atoms with Crippen LogP contribution in [0.3, 0.4) is 0 Å². The Balaban J connectivity index is 2.39. The zero-order chi connectivity index (χ0) is 14.2. The van der Waals surface area contributed by atoms with E-state index >= 15 is 0 Å². The molecule has 19 heavy (non-hydrogen) atoms. The molecule has 1 heterocycles. The van der Waals surface area contributed by atoms with Crippen LogP contribution in [0.25, 0.3) is 0 Å². The molecule has 1 atom stereocenters. The number of rotatable bonds is 3. The van der Waals surface area contributed by atoms with Gasteiger partial charge in [0.25, 0.3) is 0 Å². The first-order valence-electron chi connectivity index (χ1n) is 5.50. The first-order chi connectivity index (χ1) is 8.93. The number of carbonyl (C=O) groups is 2. The van der Waals surface area contributed by atoms with Crippen LogP contribution in [0, 0.1) is 17.6 Å². The summed E-state index contributed by atoms with van der Waals surface area (Å²) in [6.07, 6.45) is -0.169. The van der Waals surface area contributed by atoms with Crippen molar-refractivity contribution >= 4 is 17.6 Å². The van der Waals surface area contributed by atoms with E-state index in [-0.39, 0.29) is 24.4 Å². The van der Waals surface area contributed by atoms with Crippen LogP contribution in [-0.4, -0.2) is 30.6 Å². The van der Waals surface area contributed by atoms with Crippen molar-refractivity contribution in [3.8, 4) is 5.75 Å². The van der Waals surface area contributed by atoms with E-state index in [1.165, 1.54) is 7.11 Å². The lowest BCUT2D eigenvalue weighted by Crippen LogP contribution is -2.26. The number of nitrogens with zero attached hydrogens (tertiary/aromatic N) is 1. The first kappa shape index (κ1) is 13.3. The van der Waals surface area contributed by atoms with Crippen LogP contribution in [0.15, 0.2) is 12.1 Å². The molecule has 0 aromatic heterocycles. The van der Waals surface area contributed by atoms with E-state index < -0.39 is 29.4 Å². The van der Waals surface area contributed by atoms with Crippen LogP contribution in [0.4, 0.5) is 14.5 Å². The molecule has 1 aliphatic heterocycles. The summed E-state index contributed by atoms with van der Waals surface area (Å²) in [7, 11) is 1.26. The molecule has 1 amide bonds. The van der Waals surface area contributed by atoms with E-state index in [2.05, 4.69) is 0 Å². The van der Waals surface area contributed by atoms with E-state index in [1.54, 1.807) is 0 Å². The maximum absolute atomic E-state index is 13.2. The molecule has 1 fully saturated rings. The van der Waals surface area contributed by atoms with E-state index in [0.29, 0.717) is 0 Å². The normalized spacial score (nSPS) is 18.8. The van der Waals surface area contributed by atoms with E-state index in [4.69, 9.17) is 9.84 Å². The lowest BCUT2D eigenvalue weighted by atomic mass is 10.1. The second-order valence-corrected chi connectivity index (χ2v) is 4.18. The van der Waals surface area contributed by atoms with Crippen LogP contribution in [0.5, 0.6) is 5.75 Å². The second-order valence-electron chi connectivity index (χ2n) is 4.18. The van der Waals surface area contributed by atoms with Gasteiger partial charge < -0.3 is 14.7 Å². The molecule has 1 aliphatic rings. The van der Waals surface area contributed by atoms with Gasteiger partial charge in [-0.25, -0.2) is 8.78 Å². The molecule has 1 N–H and O–H groups in total. The zero-order valence-corrected chi connectivity index (χ0v) is 10.0. The van der Waals surface area contributed by atoms with Crippen molar-refractivity contribution in [1.82, 2.24) is 0 Å². The van der Waals surface area contributed by atoms with Gasteiger partial charge in [-0.1, -0.05) is 0 Å². The van der Waals surface area contributed by atoms with E-state index in [1.807, 2.05) is 0 Å². The van der Waals surface area contributed by atoms with E-state index in [9.17, 15) is 18.4 Å². The third kappa shape index (κ3) is 2.35. The Morgan fingerprint density at radius 2 is 2.05 bits per heavy atom. The van der Waals surface area contributed by atoms with Crippen LogP contribution < -0.4 is 9.64 Å². The van der Waals surface area contributed by atoms with Crippen molar-refractivity contribution in [2.45, 2.75) is 6.42 Å². The second kappa shape index (κ2) is 4.83. The number of anilines is 1. The van der Waals surface area contributed by atoms with Crippen LogP contribution in [-0.2, 0) is 9.59 Å². The summed E-state index contributed by atoms with van der Waals surface area (Å²) in [6.45, 7) is -0.0877. The fourth-order valence-corrected chi connectivity index (χ4v) is 2.00. The Hall–Kier alpha value is -2.18. The molecule has 0 bridgehead atoms. The largest absolute Gasteiger partial charge is 0.494 e. The maximum atomic E-state index is 13.2. The lowest BCUT2D eigenvalue weighted by Gasteiger charge is -2.19. The van der Waals surface area contributed by atoms with Crippen molar-refractivity contribution in [3.05, 3.63) is 23.8 Å². The first-order valence-corrected chi connectivity index (χ1v) is 5.50. The smallest absolute Gasteiger partial charge is 0.308 e. The monoisotopic (exact) mass is 271 g/mol. The van der Waals surface area contributed by atoms with Crippen molar-refractivity contribution in [3.63, 3.8) is 0 Å². The number of amides is 1. The van der Waals surface area contributed by atoms with Gasteiger partial charge in [-0.2, -0.15) is 0 Å². The summed E-state index contributed by atoms with van der Waals surface area (Å²) in [5.41, 5.74) is 0.0372. The number of ether oxygens (including phenoxy) is 1. The SMILES string of the molecule is COc1cc(F)c(F)cc1N1CC(C(=O)O)CC1=O. The number of hydrogen-bond acceptors (Lipinski definition) is 3. The average molecular weight is 271 g/mol. The fourth-order valence-electron chi connectivity index (χ4n) is 2.00. The number of carbonyl (C=O) groups excluding carboxylic acids is 1. The predicted molar refractivity (Wildman–Crippen MR) is 61.0 cm³/mol. The molecular formula is C12H11F2NO4. The topological polar surface area (TPSA) is 66.8 Å². The summed E-state index contributed by atoms with van der Waals surface area (Å²) < 4.78 is 31.2. The van der Waals surface area contributed by atoms with Crippen molar-refractivity contribution in [1.29, 1.82) is 0 Å². The Bertz CT molecular complexity index is 547. The minimum atomic E-state index is -1.12. The number of methoxy groups -OCH3 is 1. The minimum absolute atomic E-state index is 0.0155. The summed E-state index contributed by atoms with van der Waals surface area (Å²) in [6, 6.07) is 1.66. The molecule has 1 unspecified atom stereocenters. The maximum Gasteiger partial charge on any atom is 0.308 e. The third-order valence-electron chi connectivity index (χ3n) is 2.99. The van der Waals surface area contributed by atoms with Gasteiger partial charge in [0.15, 0.2) is 11.6 Å². The fraction of sp³-hybridized carbons (Fsp3) is 0.333. The van der Waals surface area contributed by atoms with Crippen molar-refractivity contribution < 1.29 is 28.2 Å². The molecule has 2 rings (SSSR count). The molecule has 7 heteroatoms. The quantitative estimate of drug-likeness (QED) is 0.902. The minimum Gasteiger partial charge on any atom is -0.494 e. The molecule has 0 aliphatic carbocycles. The highest BCUT2D eigenvalue weighted by Gasteiger charge is 2.36. The zero-order valence-electron chi connectivity index (χ0n) is 10.0. The predicted octanol–water partition coefficient (Wildman–Crippen LogP) is 1.41. The molecule has 102 valence electrons. The molecule has 1 saturated heterocycles. The van der Waals surface area contributed by atoms with Gasteiger partial charge in [-0.3, -0.25) is 9.59 Å². The molecule has 0 radical (unpaired) electrons. The Labute approximate surface area is 107 Å². The highest BCUT2D eigenvalue weighted by Crippen LogP contribution is 2.34. The third-order valence-corrected chi connectivity index (χ3v) is 2.99. The Morgan fingerprint density at radius 3 is 2.58 bits per heavy atom. The lowest BCUT2D eigenvalue weighted by molar-refractivity contribution is -0.141. The number of carboxylic acids is 1. The van der Waals surface area contributed by atoms with Gasteiger partial charge in [0.05, 0.1) is 18.7 Å². The van der Waals surface area contributed by atoms with Gasteiger partial charge >= 0.3 is 5.97 Å². The number of aliphatic carboxylic acids is 1. The molecule has 0 saturated carbocycles. The average Bonchev–Trinajstić information content (AvgIpc) is 2.74. The van der Waals surface area contributed by atoms with E-state index in [0.717, 1.165) is 17.0 Å². The van der Waals surface area contributed by atoms with Gasteiger partial charge in [0.1, 0.15) is 5.75 Å². The summed E-state index contributed by atoms with van der Waals surface area (Å²) >= 11 is 0. The van der Waals surface area contributed by atoms with Gasteiger partial charge in [0, 0.05) is 25.1 Å². The van der Waals surface area contributed by atoms with Crippen molar-refractivity contribution in [2.24, 2.45) is 5.92 Å². The molecule has 0 spiro atoms. The highest BCUT2D eigenvalue weighted by atomic mass is 19.2. The number of halogens is 2. The molecular weight excluding hydrogens is 260 g/mol. The highest BCUT2D eigenvalue weighted by molar-refractivity contribution is 6.00. The van der Waals surface area contributed by atoms with Crippen molar-refractivity contribution in [2.75, 3.05) is 18.6 Å². The summed E-state index contributed by atoms with van der Waals surface area (Å²) in [4.78, 5) is 23.7. The summed E-state index contributed by atoms with van der Waals surface area (Å²) in [5.74, 6) is -4.65. The number of benzene rings is 1. The molecule has 1 aromatic rings. The standard InChI is InChI=1S/C12H11F2NO4/c1-19-10-4-8(14)7(13)3-9(10)15-5-6(12(17)18)2-11(15)16/h3-4,6H,2,5H2,1H3,(H,17,18). The van der Waals surface area contributed by atoms with Gasteiger partial charge in [0.2, 0.25) is 5.91 Å². The van der Waals surface area contributed by atoms with Gasteiger partial charge in [-0.05, 0) is 0 Å².